The lowest BCUT2D eigenvalue weighted by Crippen LogP contribution is -2.42. The van der Waals surface area contributed by atoms with E-state index < -0.39 is 12.1 Å². The SMILES string of the molecule is NCCCCNCCCNC(=O)C(N)CCCNC(N)=O. The molecule has 0 bridgehead atoms. The smallest absolute Gasteiger partial charge is 0.312 e. The molecule has 0 spiro atoms. The van der Waals surface area contributed by atoms with Crippen molar-refractivity contribution in [1.29, 1.82) is 0 Å². The first-order chi connectivity index (χ1) is 10.1. The molecule has 9 N–H and O–H groups in total. The van der Waals surface area contributed by atoms with Crippen molar-refractivity contribution < 1.29 is 9.59 Å². The van der Waals surface area contributed by atoms with Crippen LogP contribution in [0.25, 0.3) is 0 Å². The zero-order valence-corrected chi connectivity index (χ0v) is 12.7. The Labute approximate surface area is 126 Å². The average Bonchev–Trinajstić information content (AvgIpc) is 2.45. The van der Waals surface area contributed by atoms with E-state index in [4.69, 9.17) is 17.2 Å². The van der Waals surface area contributed by atoms with Crippen LogP contribution in [0.15, 0.2) is 0 Å². The van der Waals surface area contributed by atoms with Crippen LogP contribution in [0.5, 0.6) is 0 Å². The molecule has 124 valence electrons. The summed E-state index contributed by atoms with van der Waals surface area (Å²) in [5, 5.41) is 8.54. The molecule has 8 heteroatoms. The Morgan fingerprint density at radius 1 is 0.905 bits per heavy atom. The van der Waals surface area contributed by atoms with E-state index in [-0.39, 0.29) is 5.91 Å². The van der Waals surface area contributed by atoms with Gasteiger partial charge in [-0.15, -0.1) is 0 Å². The minimum Gasteiger partial charge on any atom is -0.355 e. The summed E-state index contributed by atoms with van der Waals surface area (Å²) in [6.07, 6.45) is 4.12. The number of hydrogen-bond acceptors (Lipinski definition) is 5. The zero-order valence-electron chi connectivity index (χ0n) is 12.7. The lowest BCUT2D eigenvalue weighted by molar-refractivity contribution is -0.122. The molecule has 0 aromatic rings. The van der Waals surface area contributed by atoms with Gasteiger partial charge in [0.25, 0.3) is 0 Å². The molecule has 0 aliphatic carbocycles. The van der Waals surface area contributed by atoms with E-state index in [0.29, 0.717) is 25.9 Å². The molecular formula is C13H30N6O2. The number of urea groups is 1. The van der Waals surface area contributed by atoms with E-state index in [2.05, 4.69) is 16.0 Å². The lowest BCUT2D eigenvalue weighted by Gasteiger charge is -2.12. The van der Waals surface area contributed by atoms with E-state index in [1.807, 2.05) is 0 Å². The molecule has 0 aromatic carbocycles. The van der Waals surface area contributed by atoms with Crippen LogP contribution in [-0.2, 0) is 4.79 Å². The Bertz CT molecular complexity index is 288. The molecule has 0 fully saturated rings. The first-order valence-corrected chi connectivity index (χ1v) is 7.55. The second-order valence-electron chi connectivity index (χ2n) is 4.93. The number of nitrogens with one attached hydrogen (secondary N) is 3. The van der Waals surface area contributed by atoms with Crippen molar-refractivity contribution in [3.8, 4) is 0 Å². The molecule has 0 saturated carbocycles. The molecule has 3 amide bonds. The summed E-state index contributed by atoms with van der Waals surface area (Å²) in [6, 6.07) is -1.11. The highest BCUT2D eigenvalue weighted by atomic mass is 16.2. The predicted molar refractivity (Wildman–Crippen MR) is 83.6 cm³/mol. The summed E-state index contributed by atoms with van der Waals surface area (Å²) in [6.45, 7) is 3.59. The molecule has 1 unspecified atom stereocenters. The molecule has 0 aromatic heterocycles. The largest absolute Gasteiger partial charge is 0.355 e. The predicted octanol–water partition coefficient (Wildman–Crippen LogP) is -1.40. The molecule has 0 saturated heterocycles. The van der Waals surface area contributed by atoms with E-state index >= 15 is 0 Å². The first-order valence-electron chi connectivity index (χ1n) is 7.55. The molecule has 0 aliphatic rings. The number of amides is 3. The summed E-state index contributed by atoms with van der Waals surface area (Å²) >= 11 is 0. The Hall–Kier alpha value is -1.38. The van der Waals surface area contributed by atoms with Gasteiger partial charge in [0.15, 0.2) is 0 Å². The zero-order chi connectivity index (χ0) is 15.9. The minimum atomic E-state index is -0.563. The third-order valence-electron chi connectivity index (χ3n) is 2.97. The standard InChI is InChI=1S/C13H30N6O2/c14-6-1-2-7-17-8-4-10-18-12(20)11(15)5-3-9-19-13(16)21/h11,17H,1-10,14-15H2,(H,18,20)(H3,16,19,21). The highest BCUT2D eigenvalue weighted by molar-refractivity contribution is 5.81. The average molecular weight is 302 g/mol. The van der Waals surface area contributed by atoms with Gasteiger partial charge in [-0.1, -0.05) is 0 Å². The Balaban J connectivity index is 3.41. The number of rotatable bonds is 13. The van der Waals surface area contributed by atoms with Gasteiger partial charge in [-0.25, -0.2) is 4.79 Å². The van der Waals surface area contributed by atoms with Crippen LogP contribution in [0, 0.1) is 0 Å². The summed E-state index contributed by atoms with van der Waals surface area (Å²) < 4.78 is 0. The maximum Gasteiger partial charge on any atom is 0.312 e. The van der Waals surface area contributed by atoms with E-state index in [1.54, 1.807) is 0 Å². The number of hydrogen-bond donors (Lipinski definition) is 6. The summed E-state index contributed by atoms with van der Waals surface area (Å²) in [5.41, 5.74) is 16.1. The first kappa shape index (κ1) is 19.6. The number of unbranched alkanes of at least 4 members (excludes halogenated alkanes) is 1. The monoisotopic (exact) mass is 302 g/mol. The molecular weight excluding hydrogens is 272 g/mol. The van der Waals surface area contributed by atoms with Crippen LogP contribution in [-0.4, -0.2) is 50.7 Å². The third kappa shape index (κ3) is 13.4. The van der Waals surface area contributed by atoms with Crippen LogP contribution in [0.2, 0.25) is 0 Å². The van der Waals surface area contributed by atoms with Crippen molar-refractivity contribution in [3.63, 3.8) is 0 Å². The van der Waals surface area contributed by atoms with Gasteiger partial charge in [0.1, 0.15) is 0 Å². The van der Waals surface area contributed by atoms with Gasteiger partial charge in [-0.2, -0.15) is 0 Å². The fraction of sp³-hybridized carbons (Fsp3) is 0.846. The normalized spacial score (nSPS) is 11.9. The fourth-order valence-electron chi connectivity index (χ4n) is 1.74. The highest BCUT2D eigenvalue weighted by Crippen LogP contribution is 1.93. The van der Waals surface area contributed by atoms with Crippen molar-refractivity contribution in [2.24, 2.45) is 17.2 Å². The van der Waals surface area contributed by atoms with Crippen LogP contribution < -0.4 is 33.2 Å². The highest BCUT2D eigenvalue weighted by Gasteiger charge is 2.11. The van der Waals surface area contributed by atoms with E-state index in [9.17, 15) is 9.59 Å². The van der Waals surface area contributed by atoms with Gasteiger partial charge in [0.2, 0.25) is 5.91 Å². The van der Waals surface area contributed by atoms with Gasteiger partial charge in [-0.3, -0.25) is 4.79 Å². The van der Waals surface area contributed by atoms with Crippen molar-refractivity contribution in [2.45, 2.75) is 38.1 Å². The number of primary amides is 1. The Kier molecular flexibility index (Phi) is 12.7. The summed E-state index contributed by atoms with van der Waals surface area (Å²) in [5.74, 6) is -0.155. The molecule has 1 atom stereocenters. The molecule has 8 nitrogen and oxygen atoms in total. The van der Waals surface area contributed by atoms with Crippen LogP contribution >= 0.6 is 0 Å². The molecule has 21 heavy (non-hydrogen) atoms. The van der Waals surface area contributed by atoms with E-state index in [1.165, 1.54) is 0 Å². The number of nitrogens with two attached hydrogens (primary N) is 3. The van der Waals surface area contributed by atoms with Crippen molar-refractivity contribution in [1.82, 2.24) is 16.0 Å². The second-order valence-corrected chi connectivity index (χ2v) is 4.93. The molecule has 0 heterocycles. The number of carbonyl (C=O) groups is 2. The van der Waals surface area contributed by atoms with Gasteiger partial charge in [0, 0.05) is 13.1 Å². The minimum absolute atomic E-state index is 0.155. The van der Waals surface area contributed by atoms with Gasteiger partial charge in [0.05, 0.1) is 6.04 Å². The number of carbonyl (C=O) groups excluding carboxylic acids is 2. The topological polar surface area (TPSA) is 148 Å². The van der Waals surface area contributed by atoms with Crippen LogP contribution in [0.1, 0.15) is 32.1 Å². The third-order valence-corrected chi connectivity index (χ3v) is 2.97. The fourth-order valence-corrected chi connectivity index (χ4v) is 1.74. The maximum atomic E-state index is 11.7. The summed E-state index contributed by atoms with van der Waals surface area (Å²) in [4.78, 5) is 22.1. The van der Waals surface area contributed by atoms with E-state index in [0.717, 1.165) is 38.9 Å². The Morgan fingerprint density at radius 2 is 1.57 bits per heavy atom. The molecule has 0 aliphatic heterocycles. The van der Waals surface area contributed by atoms with Crippen molar-refractivity contribution >= 4 is 11.9 Å². The van der Waals surface area contributed by atoms with Crippen molar-refractivity contribution in [3.05, 3.63) is 0 Å². The quantitative estimate of drug-likeness (QED) is 0.231. The maximum absolute atomic E-state index is 11.7. The lowest BCUT2D eigenvalue weighted by atomic mass is 10.1. The van der Waals surface area contributed by atoms with Crippen LogP contribution in [0.3, 0.4) is 0 Å². The van der Waals surface area contributed by atoms with Gasteiger partial charge < -0.3 is 33.2 Å². The van der Waals surface area contributed by atoms with Gasteiger partial charge in [-0.05, 0) is 51.7 Å². The van der Waals surface area contributed by atoms with Crippen molar-refractivity contribution in [2.75, 3.05) is 32.7 Å². The Morgan fingerprint density at radius 3 is 2.24 bits per heavy atom. The molecule has 0 rings (SSSR count). The molecule has 0 radical (unpaired) electrons. The van der Waals surface area contributed by atoms with Gasteiger partial charge >= 0.3 is 6.03 Å². The second kappa shape index (κ2) is 13.6. The van der Waals surface area contributed by atoms with Crippen LogP contribution in [0.4, 0.5) is 4.79 Å². The summed E-state index contributed by atoms with van der Waals surface area (Å²) in [7, 11) is 0.